The van der Waals surface area contributed by atoms with E-state index in [1.165, 1.54) is 11.2 Å². The third-order valence-electron chi connectivity index (χ3n) is 6.34. The summed E-state index contributed by atoms with van der Waals surface area (Å²) in [5, 5.41) is 2.94. The highest BCUT2D eigenvalue weighted by Gasteiger charge is 2.35. The first-order chi connectivity index (χ1) is 15.7. The maximum atomic E-state index is 13.4. The molecule has 0 saturated carbocycles. The number of piperidine rings is 1. The highest BCUT2D eigenvalue weighted by Crippen LogP contribution is 2.35. The molecule has 2 heterocycles. The number of carbonyl (C=O) groups is 2. The Kier molecular flexibility index (Phi) is 6.83. The smallest absolute Gasteiger partial charge is 0.243 e. The molecule has 7 nitrogen and oxygen atoms in total. The Morgan fingerprint density at radius 2 is 1.94 bits per heavy atom. The number of benzene rings is 2. The van der Waals surface area contributed by atoms with Gasteiger partial charge in [-0.05, 0) is 74.4 Å². The van der Waals surface area contributed by atoms with E-state index in [9.17, 15) is 18.0 Å². The van der Waals surface area contributed by atoms with E-state index in [-0.39, 0.29) is 29.3 Å². The van der Waals surface area contributed by atoms with Crippen LogP contribution in [0.5, 0.6) is 0 Å². The fourth-order valence-corrected chi connectivity index (χ4v) is 6.75. The first-order valence-electron chi connectivity index (χ1n) is 11.1. The van der Waals surface area contributed by atoms with E-state index >= 15 is 0 Å². The van der Waals surface area contributed by atoms with Gasteiger partial charge in [-0.2, -0.15) is 4.31 Å². The molecule has 2 aromatic rings. The predicted octanol–water partition coefficient (Wildman–Crippen LogP) is 3.75. The molecule has 0 spiro atoms. The lowest BCUT2D eigenvalue weighted by Crippen LogP contribution is -2.43. The topological polar surface area (TPSA) is 86.8 Å². The molecule has 2 amide bonds. The molecule has 1 saturated heterocycles. The number of nitrogens with one attached hydrogen (secondary N) is 1. The Balaban J connectivity index is 1.50. The Morgan fingerprint density at radius 3 is 2.67 bits per heavy atom. The summed E-state index contributed by atoms with van der Waals surface area (Å²) in [5.74, 6) is -0.619. The van der Waals surface area contributed by atoms with Crippen molar-refractivity contribution in [2.75, 3.05) is 29.6 Å². The maximum Gasteiger partial charge on any atom is 0.243 e. The number of amides is 2. The number of hydrogen-bond donors (Lipinski definition) is 1. The van der Waals surface area contributed by atoms with Gasteiger partial charge in [-0.3, -0.25) is 9.59 Å². The van der Waals surface area contributed by atoms with Gasteiger partial charge in [0.15, 0.2) is 0 Å². The van der Waals surface area contributed by atoms with Crippen LogP contribution in [0, 0.1) is 5.92 Å². The van der Waals surface area contributed by atoms with Crippen molar-refractivity contribution in [3.8, 4) is 0 Å². The van der Waals surface area contributed by atoms with Crippen LogP contribution < -0.4 is 10.2 Å². The SMILES string of the molecule is CSc1cccc(NC(=O)[C@@H]2CCCN(S(=O)(=O)c3ccc4c(c3)C[C@H](C)N4C(C)=O)C2)c1. The predicted molar refractivity (Wildman–Crippen MR) is 131 cm³/mol. The molecule has 0 radical (unpaired) electrons. The normalized spacial score (nSPS) is 21.0. The zero-order valence-electron chi connectivity index (χ0n) is 19.1. The lowest BCUT2D eigenvalue weighted by molar-refractivity contribution is -0.121. The minimum Gasteiger partial charge on any atom is -0.326 e. The zero-order valence-corrected chi connectivity index (χ0v) is 20.7. The van der Waals surface area contributed by atoms with E-state index < -0.39 is 15.9 Å². The second-order valence-electron chi connectivity index (χ2n) is 8.66. The molecule has 4 rings (SSSR count). The number of fused-ring (bicyclic) bond motifs is 1. The molecule has 33 heavy (non-hydrogen) atoms. The van der Waals surface area contributed by atoms with Crippen LogP contribution in [0.1, 0.15) is 32.3 Å². The van der Waals surface area contributed by atoms with Gasteiger partial charge in [-0.25, -0.2) is 8.42 Å². The molecule has 0 bridgehead atoms. The molecule has 0 aromatic heterocycles. The molecule has 0 unspecified atom stereocenters. The summed E-state index contributed by atoms with van der Waals surface area (Å²) in [7, 11) is -3.74. The molecular weight excluding hydrogens is 458 g/mol. The van der Waals surface area contributed by atoms with Gasteiger partial charge in [-0.1, -0.05) is 6.07 Å². The Hall–Kier alpha value is -2.36. The lowest BCUT2D eigenvalue weighted by Gasteiger charge is -2.31. The van der Waals surface area contributed by atoms with Crippen molar-refractivity contribution in [2.24, 2.45) is 5.92 Å². The second-order valence-corrected chi connectivity index (χ2v) is 11.5. The van der Waals surface area contributed by atoms with Crippen molar-refractivity contribution in [3.63, 3.8) is 0 Å². The van der Waals surface area contributed by atoms with Gasteiger partial charge in [0.2, 0.25) is 21.8 Å². The molecule has 2 aliphatic rings. The van der Waals surface area contributed by atoms with Crippen molar-refractivity contribution in [1.29, 1.82) is 0 Å². The number of sulfonamides is 1. The summed E-state index contributed by atoms with van der Waals surface area (Å²) in [6.45, 7) is 4.02. The van der Waals surface area contributed by atoms with Gasteiger partial charge in [-0.15, -0.1) is 11.8 Å². The molecule has 0 aliphatic carbocycles. The summed E-state index contributed by atoms with van der Waals surface area (Å²) in [6, 6.07) is 12.6. The maximum absolute atomic E-state index is 13.4. The first kappa shape index (κ1) is 23.8. The van der Waals surface area contributed by atoms with Crippen LogP contribution in [0.3, 0.4) is 0 Å². The Bertz CT molecular complexity index is 1180. The fraction of sp³-hybridized carbons (Fsp3) is 0.417. The zero-order chi connectivity index (χ0) is 23.8. The Labute approximate surface area is 199 Å². The van der Waals surface area contributed by atoms with Crippen LogP contribution in [-0.4, -0.2) is 49.9 Å². The number of anilines is 2. The average Bonchev–Trinajstić information content (AvgIpc) is 3.14. The number of thioether (sulfide) groups is 1. The number of carbonyl (C=O) groups excluding carboxylic acids is 2. The van der Waals surface area contributed by atoms with Crippen molar-refractivity contribution in [3.05, 3.63) is 48.0 Å². The largest absolute Gasteiger partial charge is 0.326 e. The van der Waals surface area contributed by atoms with Crippen LogP contribution in [0.25, 0.3) is 0 Å². The van der Waals surface area contributed by atoms with Gasteiger partial charge >= 0.3 is 0 Å². The van der Waals surface area contributed by atoms with Crippen LogP contribution in [-0.2, 0) is 26.0 Å². The van der Waals surface area contributed by atoms with Crippen molar-refractivity contribution in [1.82, 2.24) is 4.31 Å². The summed E-state index contributed by atoms with van der Waals surface area (Å²) < 4.78 is 28.2. The quantitative estimate of drug-likeness (QED) is 0.649. The average molecular weight is 488 g/mol. The van der Waals surface area contributed by atoms with Gasteiger partial charge in [0.05, 0.1) is 10.8 Å². The van der Waals surface area contributed by atoms with Crippen LogP contribution in [0.15, 0.2) is 52.3 Å². The molecule has 1 fully saturated rings. The lowest BCUT2D eigenvalue weighted by atomic mass is 9.99. The summed E-state index contributed by atoms with van der Waals surface area (Å²) in [6.07, 6.45) is 3.87. The third-order valence-corrected chi connectivity index (χ3v) is 8.92. The van der Waals surface area contributed by atoms with Crippen molar-refractivity contribution in [2.45, 2.75) is 48.9 Å². The van der Waals surface area contributed by atoms with E-state index in [1.54, 1.807) is 34.9 Å². The summed E-state index contributed by atoms with van der Waals surface area (Å²) in [4.78, 5) is 27.8. The molecule has 9 heteroatoms. The molecule has 1 N–H and O–H groups in total. The van der Waals surface area contributed by atoms with Crippen LogP contribution in [0.2, 0.25) is 0 Å². The van der Waals surface area contributed by atoms with Gasteiger partial charge in [0, 0.05) is 42.3 Å². The van der Waals surface area contributed by atoms with Crippen LogP contribution >= 0.6 is 11.8 Å². The number of hydrogen-bond acceptors (Lipinski definition) is 5. The summed E-state index contributed by atoms with van der Waals surface area (Å²) >= 11 is 1.60. The highest BCUT2D eigenvalue weighted by molar-refractivity contribution is 7.98. The monoisotopic (exact) mass is 487 g/mol. The van der Waals surface area contributed by atoms with E-state index in [1.807, 2.05) is 37.4 Å². The number of nitrogens with zero attached hydrogens (tertiary/aromatic N) is 2. The number of rotatable bonds is 5. The van der Waals surface area contributed by atoms with Crippen LogP contribution in [0.4, 0.5) is 11.4 Å². The van der Waals surface area contributed by atoms with Gasteiger partial charge in [0.1, 0.15) is 0 Å². The molecular formula is C24H29N3O4S2. The molecule has 176 valence electrons. The fourth-order valence-electron chi connectivity index (χ4n) is 4.72. The first-order valence-corrected chi connectivity index (χ1v) is 13.7. The highest BCUT2D eigenvalue weighted by atomic mass is 32.2. The molecule has 2 atom stereocenters. The minimum absolute atomic E-state index is 0.00290. The van der Waals surface area contributed by atoms with E-state index in [0.717, 1.165) is 21.8 Å². The third kappa shape index (κ3) is 4.81. The van der Waals surface area contributed by atoms with E-state index in [4.69, 9.17) is 0 Å². The standard InChI is InChI=1S/C24H29N3O4S2/c1-16-12-19-13-22(9-10-23(19)27(16)17(2)28)33(30,31)26-11-5-6-18(15-26)24(29)25-20-7-4-8-21(14-20)32-3/h4,7-10,13-14,16,18H,5-6,11-12,15H2,1-3H3,(H,25,29)/t16-,18+/m0/s1. The van der Waals surface area contributed by atoms with Gasteiger partial charge in [0.25, 0.3) is 0 Å². The minimum atomic E-state index is -3.74. The van der Waals surface area contributed by atoms with Crippen molar-refractivity contribution >= 4 is 45.0 Å². The molecule has 2 aliphatic heterocycles. The van der Waals surface area contributed by atoms with E-state index in [2.05, 4.69) is 5.32 Å². The molecule has 2 aromatic carbocycles. The van der Waals surface area contributed by atoms with E-state index in [0.29, 0.717) is 25.8 Å². The second kappa shape index (κ2) is 9.48. The summed E-state index contributed by atoms with van der Waals surface area (Å²) in [5.41, 5.74) is 2.35. The Morgan fingerprint density at radius 1 is 1.15 bits per heavy atom. The van der Waals surface area contributed by atoms with Crippen molar-refractivity contribution < 1.29 is 18.0 Å². The van der Waals surface area contributed by atoms with Gasteiger partial charge < -0.3 is 10.2 Å².